The molecule has 0 bridgehead atoms. The minimum Gasteiger partial charge on any atom is -0.376 e. The molecule has 0 aromatic heterocycles. The Bertz CT molecular complexity index is 461. The summed E-state index contributed by atoms with van der Waals surface area (Å²) >= 11 is 0. The first-order valence-electron chi connectivity index (χ1n) is 8.17. The second kappa shape index (κ2) is 6.83. The first kappa shape index (κ1) is 14.2. The van der Waals surface area contributed by atoms with Gasteiger partial charge >= 0.3 is 0 Å². The van der Waals surface area contributed by atoms with Crippen LogP contribution in [-0.4, -0.2) is 32.1 Å². The SMILES string of the molecule is O=C(CNc1ccc(N2CCCCC2)cc1)NCC1CC1. The molecule has 2 fully saturated rings. The molecule has 3 rings (SSSR count). The molecule has 0 unspecified atom stereocenters. The van der Waals surface area contributed by atoms with Gasteiger partial charge in [0.2, 0.25) is 5.91 Å². The molecule has 1 amide bonds. The minimum absolute atomic E-state index is 0.0852. The molecule has 0 atom stereocenters. The molecule has 1 aromatic carbocycles. The maximum atomic E-state index is 11.7. The number of nitrogens with one attached hydrogen (secondary N) is 2. The fourth-order valence-corrected chi connectivity index (χ4v) is 2.77. The summed E-state index contributed by atoms with van der Waals surface area (Å²) < 4.78 is 0. The summed E-state index contributed by atoms with van der Waals surface area (Å²) in [7, 11) is 0. The van der Waals surface area contributed by atoms with Crippen molar-refractivity contribution in [3.63, 3.8) is 0 Å². The number of benzene rings is 1. The van der Waals surface area contributed by atoms with Crippen molar-refractivity contribution in [2.45, 2.75) is 32.1 Å². The van der Waals surface area contributed by atoms with Gasteiger partial charge in [0.25, 0.3) is 0 Å². The molecular weight excluding hydrogens is 262 g/mol. The molecule has 1 aliphatic carbocycles. The van der Waals surface area contributed by atoms with Crippen LogP contribution in [0.2, 0.25) is 0 Å². The molecule has 4 nitrogen and oxygen atoms in total. The van der Waals surface area contributed by atoms with Gasteiger partial charge in [-0.1, -0.05) is 0 Å². The molecule has 1 aromatic rings. The van der Waals surface area contributed by atoms with Crippen LogP contribution in [0.1, 0.15) is 32.1 Å². The van der Waals surface area contributed by atoms with Crippen molar-refractivity contribution in [3.8, 4) is 0 Å². The van der Waals surface area contributed by atoms with Gasteiger partial charge in [0.1, 0.15) is 0 Å². The van der Waals surface area contributed by atoms with Gasteiger partial charge in [-0.3, -0.25) is 4.79 Å². The van der Waals surface area contributed by atoms with E-state index in [1.807, 2.05) is 0 Å². The smallest absolute Gasteiger partial charge is 0.239 e. The number of hydrogen-bond donors (Lipinski definition) is 2. The Morgan fingerprint density at radius 1 is 1.10 bits per heavy atom. The number of carbonyl (C=O) groups excluding carboxylic acids is 1. The highest BCUT2D eigenvalue weighted by molar-refractivity contribution is 5.80. The summed E-state index contributed by atoms with van der Waals surface area (Å²) in [6.45, 7) is 3.52. The lowest BCUT2D eigenvalue weighted by Gasteiger charge is -2.28. The average Bonchev–Trinajstić information content (AvgIpc) is 3.37. The Kier molecular flexibility index (Phi) is 4.63. The molecule has 4 heteroatoms. The van der Waals surface area contributed by atoms with Crippen molar-refractivity contribution >= 4 is 17.3 Å². The van der Waals surface area contributed by atoms with Crippen molar-refractivity contribution < 1.29 is 4.79 Å². The van der Waals surface area contributed by atoms with Crippen LogP contribution in [0, 0.1) is 5.92 Å². The predicted molar refractivity (Wildman–Crippen MR) is 86.7 cm³/mol. The Hall–Kier alpha value is -1.71. The zero-order valence-electron chi connectivity index (χ0n) is 12.6. The lowest BCUT2D eigenvalue weighted by molar-refractivity contribution is -0.119. The Morgan fingerprint density at radius 2 is 1.81 bits per heavy atom. The highest BCUT2D eigenvalue weighted by Gasteiger charge is 2.21. The summed E-state index contributed by atoms with van der Waals surface area (Å²) in [6, 6.07) is 8.43. The van der Waals surface area contributed by atoms with Crippen LogP contribution < -0.4 is 15.5 Å². The first-order valence-corrected chi connectivity index (χ1v) is 8.17. The largest absolute Gasteiger partial charge is 0.376 e. The lowest BCUT2D eigenvalue weighted by Crippen LogP contribution is -2.31. The first-order chi connectivity index (χ1) is 10.3. The maximum Gasteiger partial charge on any atom is 0.239 e. The van der Waals surface area contributed by atoms with Gasteiger partial charge in [-0.15, -0.1) is 0 Å². The second-order valence-electron chi connectivity index (χ2n) is 6.20. The van der Waals surface area contributed by atoms with E-state index >= 15 is 0 Å². The van der Waals surface area contributed by atoms with Crippen LogP contribution in [0.15, 0.2) is 24.3 Å². The average molecular weight is 287 g/mol. The van der Waals surface area contributed by atoms with E-state index in [-0.39, 0.29) is 5.91 Å². The monoisotopic (exact) mass is 287 g/mol. The van der Waals surface area contributed by atoms with Crippen LogP contribution >= 0.6 is 0 Å². The summed E-state index contributed by atoms with van der Waals surface area (Å²) in [5.41, 5.74) is 2.30. The van der Waals surface area contributed by atoms with E-state index in [0.717, 1.165) is 31.2 Å². The molecule has 2 aliphatic rings. The van der Waals surface area contributed by atoms with Crippen molar-refractivity contribution in [2.24, 2.45) is 5.92 Å². The molecule has 1 aliphatic heterocycles. The van der Waals surface area contributed by atoms with Gasteiger partial charge in [-0.2, -0.15) is 0 Å². The van der Waals surface area contributed by atoms with Gasteiger partial charge in [-0.25, -0.2) is 0 Å². The van der Waals surface area contributed by atoms with Gasteiger partial charge in [0.15, 0.2) is 0 Å². The number of hydrogen-bond acceptors (Lipinski definition) is 3. The molecular formula is C17H25N3O. The summed E-state index contributed by atoms with van der Waals surface area (Å²) in [5.74, 6) is 0.819. The number of carbonyl (C=O) groups is 1. The zero-order valence-corrected chi connectivity index (χ0v) is 12.6. The molecule has 1 saturated heterocycles. The van der Waals surface area contributed by atoms with Crippen LogP contribution in [0.4, 0.5) is 11.4 Å². The van der Waals surface area contributed by atoms with E-state index in [1.165, 1.54) is 37.8 Å². The minimum atomic E-state index is 0.0852. The Morgan fingerprint density at radius 3 is 2.48 bits per heavy atom. The standard InChI is InChI=1S/C17H25N3O/c21-17(19-12-14-4-5-14)13-18-15-6-8-16(9-7-15)20-10-2-1-3-11-20/h6-9,14,18H,1-5,10-13H2,(H,19,21). The van der Waals surface area contributed by atoms with Crippen LogP contribution in [-0.2, 0) is 4.79 Å². The normalized spacial score (nSPS) is 18.4. The van der Waals surface area contributed by atoms with E-state index in [2.05, 4.69) is 39.8 Å². The van der Waals surface area contributed by atoms with E-state index in [9.17, 15) is 4.79 Å². The predicted octanol–water partition coefficient (Wildman–Crippen LogP) is 2.62. The van der Waals surface area contributed by atoms with Crippen molar-refractivity contribution in [1.29, 1.82) is 0 Å². The van der Waals surface area contributed by atoms with Crippen LogP contribution in [0.25, 0.3) is 0 Å². The van der Waals surface area contributed by atoms with Crippen LogP contribution in [0.3, 0.4) is 0 Å². The number of piperidine rings is 1. The summed E-state index contributed by atoms with van der Waals surface area (Å²) in [5, 5.41) is 6.16. The number of nitrogens with zero attached hydrogens (tertiary/aromatic N) is 1. The summed E-state index contributed by atoms with van der Waals surface area (Å²) in [4.78, 5) is 14.1. The highest BCUT2D eigenvalue weighted by Crippen LogP contribution is 2.27. The van der Waals surface area contributed by atoms with Crippen molar-refractivity contribution in [3.05, 3.63) is 24.3 Å². The quantitative estimate of drug-likeness (QED) is 0.845. The summed E-state index contributed by atoms with van der Waals surface area (Å²) in [6.07, 6.45) is 6.48. The third kappa shape index (κ3) is 4.38. The van der Waals surface area contributed by atoms with Gasteiger partial charge in [0.05, 0.1) is 6.54 Å². The topological polar surface area (TPSA) is 44.4 Å². The number of rotatable bonds is 6. The van der Waals surface area contributed by atoms with Crippen molar-refractivity contribution in [2.75, 3.05) is 36.4 Å². The van der Waals surface area contributed by atoms with Gasteiger partial charge in [-0.05, 0) is 62.3 Å². The molecule has 21 heavy (non-hydrogen) atoms. The molecule has 0 radical (unpaired) electrons. The van der Waals surface area contributed by atoms with Gasteiger partial charge in [0, 0.05) is 31.0 Å². The molecule has 114 valence electrons. The zero-order chi connectivity index (χ0) is 14.5. The van der Waals surface area contributed by atoms with Gasteiger partial charge < -0.3 is 15.5 Å². The molecule has 1 saturated carbocycles. The molecule has 2 N–H and O–H groups in total. The van der Waals surface area contributed by atoms with Crippen LogP contribution in [0.5, 0.6) is 0 Å². The molecule has 1 heterocycles. The Balaban J connectivity index is 1.43. The van der Waals surface area contributed by atoms with E-state index in [4.69, 9.17) is 0 Å². The van der Waals surface area contributed by atoms with E-state index < -0.39 is 0 Å². The lowest BCUT2D eigenvalue weighted by atomic mass is 10.1. The van der Waals surface area contributed by atoms with Crippen molar-refractivity contribution in [1.82, 2.24) is 5.32 Å². The third-order valence-corrected chi connectivity index (χ3v) is 4.33. The second-order valence-corrected chi connectivity index (χ2v) is 6.20. The Labute approximate surface area is 126 Å². The molecule has 0 spiro atoms. The fourth-order valence-electron chi connectivity index (χ4n) is 2.77. The van der Waals surface area contributed by atoms with E-state index in [0.29, 0.717) is 6.54 Å². The highest BCUT2D eigenvalue weighted by atomic mass is 16.1. The fraction of sp³-hybridized carbons (Fsp3) is 0.588. The maximum absolute atomic E-state index is 11.7. The number of anilines is 2. The van der Waals surface area contributed by atoms with E-state index in [1.54, 1.807) is 0 Å². The third-order valence-electron chi connectivity index (χ3n) is 4.33. The number of amides is 1.